The molecule has 0 fully saturated rings. The Morgan fingerprint density at radius 2 is 2.24 bits per heavy atom. The Morgan fingerprint density at radius 3 is 2.76 bits per heavy atom. The van der Waals surface area contributed by atoms with E-state index in [1.807, 2.05) is 38.1 Å². The predicted octanol–water partition coefficient (Wildman–Crippen LogP) is 3.27. The van der Waals surface area contributed by atoms with Gasteiger partial charge in [0.2, 0.25) is 5.91 Å². The van der Waals surface area contributed by atoms with Crippen LogP contribution in [0.3, 0.4) is 0 Å². The average molecular weight is 295 g/mol. The largest absolute Gasteiger partial charge is 0.314 e. The monoisotopic (exact) mass is 294 g/mol. The predicted molar refractivity (Wildman–Crippen MR) is 71.7 cm³/mol. The molecule has 1 aromatic carbocycles. The van der Waals surface area contributed by atoms with Gasteiger partial charge in [0.1, 0.15) is 5.92 Å². The zero-order valence-corrected chi connectivity index (χ0v) is 11.8. The highest BCUT2D eigenvalue weighted by Gasteiger charge is 2.21. The molecule has 1 atom stereocenters. The smallest absolute Gasteiger partial charge is 0.244 e. The number of halogens is 1. The van der Waals surface area contributed by atoms with Crippen molar-refractivity contribution < 1.29 is 4.79 Å². The molecule has 1 aromatic rings. The molecule has 0 saturated heterocycles. The summed E-state index contributed by atoms with van der Waals surface area (Å²) < 4.78 is 0.919. The number of benzene rings is 1. The topological polar surface area (TPSA) is 44.1 Å². The highest BCUT2D eigenvalue weighted by atomic mass is 79.9. The standard InChI is InChI=1S/C13H15BrN2O/c1-4-10(8-15)13(17)16(3)12-7-11(14)6-5-9(12)2/h5-7,10H,4H2,1-3H3. The quantitative estimate of drug-likeness (QED) is 0.859. The van der Waals surface area contributed by atoms with Crippen molar-refractivity contribution in [2.75, 3.05) is 11.9 Å². The summed E-state index contributed by atoms with van der Waals surface area (Å²) in [5.74, 6) is -0.727. The number of hydrogen-bond acceptors (Lipinski definition) is 2. The average Bonchev–Trinajstić information content (AvgIpc) is 2.32. The maximum atomic E-state index is 12.1. The summed E-state index contributed by atoms with van der Waals surface area (Å²) in [7, 11) is 1.71. The first-order valence-electron chi connectivity index (χ1n) is 5.44. The Bertz CT molecular complexity index is 465. The molecule has 0 aliphatic heterocycles. The fourth-order valence-electron chi connectivity index (χ4n) is 1.62. The molecule has 0 aliphatic rings. The van der Waals surface area contributed by atoms with Crippen molar-refractivity contribution in [2.24, 2.45) is 5.92 Å². The summed E-state index contributed by atoms with van der Waals surface area (Å²) in [6, 6.07) is 7.79. The van der Waals surface area contributed by atoms with Crippen LogP contribution >= 0.6 is 15.9 Å². The van der Waals surface area contributed by atoms with Crippen LogP contribution in [0.5, 0.6) is 0 Å². The second-order valence-corrected chi connectivity index (χ2v) is 4.83. The number of nitrogens with zero attached hydrogens (tertiary/aromatic N) is 2. The van der Waals surface area contributed by atoms with Crippen molar-refractivity contribution in [1.82, 2.24) is 0 Å². The van der Waals surface area contributed by atoms with Crippen molar-refractivity contribution in [2.45, 2.75) is 20.3 Å². The van der Waals surface area contributed by atoms with E-state index < -0.39 is 5.92 Å². The lowest BCUT2D eigenvalue weighted by Gasteiger charge is -2.21. The first kappa shape index (κ1) is 13.7. The van der Waals surface area contributed by atoms with E-state index in [1.54, 1.807) is 11.9 Å². The second-order valence-electron chi connectivity index (χ2n) is 3.92. The van der Waals surface area contributed by atoms with Crippen LogP contribution in [0.1, 0.15) is 18.9 Å². The number of amides is 1. The number of hydrogen-bond donors (Lipinski definition) is 0. The van der Waals surface area contributed by atoms with Crippen LogP contribution in [0.2, 0.25) is 0 Å². The van der Waals surface area contributed by atoms with Crippen molar-refractivity contribution in [1.29, 1.82) is 5.26 Å². The van der Waals surface area contributed by atoms with Crippen LogP contribution in [0.25, 0.3) is 0 Å². The van der Waals surface area contributed by atoms with Crippen LogP contribution in [-0.4, -0.2) is 13.0 Å². The number of anilines is 1. The van der Waals surface area contributed by atoms with Crippen LogP contribution < -0.4 is 4.90 Å². The zero-order valence-electron chi connectivity index (χ0n) is 10.2. The van der Waals surface area contributed by atoms with Gasteiger partial charge in [-0.1, -0.05) is 28.9 Å². The normalized spacial score (nSPS) is 11.7. The molecule has 90 valence electrons. The lowest BCUT2D eigenvalue weighted by atomic mass is 10.1. The summed E-state index contributed by atoms with van der Waals surface area (Å²) in [5.41, 5.74) is 1.84. The van der Waals surface area contributed by atoms with Gasteiger partial charge in [0, 0.05) is 17.2 Å². The van der Waals surface area contributed by atoms with Crippen LogP contribution in [-0.2, 0) is 4.79 Å². The minimum absolute atomic E-state index is 0.156. The number of carbonyl (C=O) groups excluding carboxylic acids is 1. The molecule has 3 nitrogen and oxygen atoms in total. The van der Waals surface area contributed by atoms with E-state index in [2.05, 4.69) is 15.9 Å². The molecule has 1 rings (SSSR count). The van der Waals surface area contributed by atoms with Crippen LogP contribution in [0, 0.1) is 24.2 Å². The van der Waals surface area contributed by atoms with E-state index in [1.165, 1.54) is 0 Å². The van der Waals surface area contributed by atoms with Gasteiger partial charge in [0.25, 0.3) is 0 Å². The van der Waals surface area contributed by atoms with E-state index in [0.717, 1.165) is 15.7 Å². The third-order valence-electron chi connectivity index (χ3n) is 2.73. The maximum absolute atomic E-state index is 12.1. The van der Waals surface area contributed by atoms with E-state index in [4.69, 9.17) is 5.26 Å². The molecule has 17 heavy (non-hydrogen) atoms. The Kier molecular flexibility index (Phi) is 4.71. The molecule has 0 spiro atoms. The van der Waals surface area contributed by atoms with Crippen LogP contribution in [0.4, 0.5) is 5.69 Å². The lowest BCUT2D eigenvalue weighted by Crippen LogP contribution is -2.32. The Hall–Kier alpha value is -1.34. The first-order valence-corrected chi connectivity index (χ1v) is 6.23. The van der Waals surface area contributed by atoms with Gasteiger partial charge >= 0.3 is 0 Å². The van der Waals surface area contributed by atoms with Gasteiger partial charge < -0.3 is 4.90 Å². The molecule has 0 N–H and O–H groups in total. The minimum Gasteiger partial charge on any atom is -0.314 e. The number of aryl methyl sites for hydroxylation is 1. The number of nitriles is 1. The lowest BCUT2D eigenvalue weighted by molar-refractivity contribution is -0.120. The maximum Gasteiger partial charge on any atom is 0.244 e. The molecule has 0 aliphatic carbocycles. The highest BCUT2D eigenvalue weighted by molar-refractivity contribution is 9.10. The van der Waals surface area contributed by atoms with Crippen LogP contribution in [0.15, 0.2) is 22.7 Å². The summed E-state index contributed by atoms with van der Waals surface area (Å²) in [6.07, 6.45) is 0.534. The van der Waals surface area contributed by atoms with Gasteiger partial charge in [-0.25, -0.2) is 0 Å². The molecule has 0 radical (unpaired) electrons. The molecular weight excluding hydrogens is 280 g/mol. The Balaban J connectivity index is 3.04. The highest BCUT2D eigenvalue weighted by Crippen LogP contribution is 2.25. The van der Waals surface area contributed by atoms with Gasteiger partial charge in [0.15, 0.2) is 0 Å². The van der Waals surface area contributed by atoms with Gasteiger partial charge in [0.05, 0.1) is 6.07 Å². The third-order valence-corrected chi connectivity index (χ3v) is 3.22. The van der Waals surface area contributed by atoms with Crippen molar-refractivity contribution in [3.8, 4) is 6.07 Å². The summed E-state index contributed by atoms with van der Waals surface area (Å²) in [6.45, 7) is 3.78. The third kappa shape index (κ3) is 3.07. The van der Waals surface area contributed by atoms with Gasteiger partial charge in [-0.05, 0) is 31.0 Å². The second kappa shape index (κ2) is 5.83. The summed E-state index contributed by atoms with van der Waals surface area (Å²) in [4.78, 5) is 13.6. The molecule has 4 heteroatoms. The van der Waals surface area contributed by atoms with E-state index in [9.17, 15) is 4.79 Å². The van der Waals surface area contributed by atoms with Gasteiger partial charge in [-0.2, -0.15) is 5.26 Å². The Morgan fingerprint density at radius 1 is 1.59 bits per heavy atom. The SMILES string of the molecule is CCC(C#N)C(=O)N(C)c1cc(Br)ccc1C. The minimum atomic E-state index is -0.571. The molecular formula is C13H15BrN2O. The van der Waals surface area contributed by atoms with Crippen molar-refractivity contribution in [3.05, 3.63) is 28.2 Å². The molecule has 0 bridgehead atoms. The summed E-state index contributed by atoms with van der Waals surface area (Å²) in [5, 5.41) is 8.91. The van der Waals surface area contributed by atoms with Crippen molar-refractivity contribution in [3.63, 3.8) is 0 Å². The van der Waals surface area contributed by atoms with Gasteiger partial charge in [-0.3, -0.25) is 4.79 Å². The molecule has 1 unspecified atom stereocenters. The molecule has 0 heterocycles. The number of rotatable bonds is 3. The van der Waals surface area contributed by atoms with E-state index >= 15 is 0 Å². The van der Waals surface area contributed by atoms with E-state index in [-0.39, 0.29) is 5.91 Å². The number of carbonyl (C=O) groups is 1. The fraction of sp³-hybridized carbons (Fsp3) is 0.385. The van der Waals surface area contributed by atoms with Crippen molar-refractivity contribution >= 4 is 27.5 Å². The first-order chi connectivity index (χ1) is 8.01. The molecule has 0 saturated carbocycles. The summed E-state index contributed by atoms with van der Waals surface area (Å²) >= 11 is 3.38. The fourth-order valence-corrected chi connectivity index (χ4v) is 1.97. The zero-order chi connectivity index (χ0) is 13.0. The van der Waals surface area contributed by atoms with Gasteiger partial charge in [-0.15, -0.1) is 0 Å². The molecule has 0 aromatic heterocycles. The Labute approximate surface area is 110 Å². The van der Waals surface area contributed by atoms with E-state index in [0.29, 0.717) is 6.42 Å². The molecule has 1 amide bonds.